The van der Waals surface area contributed by atoms with E-state index in [0.29, 0.717) is 35.0 Å². The molecular weight excluding hydrogens is 352 g/mol. The predicted octanol–water partition coefficient (Wildman–Crippen LogP) is 3.11. The summed E-state index contributed by atoms with van der Waals surface area (Å²) in [4.78, 5) is 17.7. The highest BCUT2D eigenvalue weighted by Gasteiger charge is 2.11. The number of para-hydroxylation sites is 1. The summed E-state index contributed by atoms with van der Waals surface area (Å²) >= 11 is 1.47. The Morgan fingerprint density at radius 2 is 1.77 bits per heavy atom. The number of carbonyl (C=O) groups excluding carboxylic acids is 1. The molecule has 3 rings (SSSR count). The molecule has 0 aliphatic rings. The first-order valence-electron chi connectivity index (χ1n) is 8.05. The second kappa shape index (κ2) is 8.16. The van der Waals surface area contributed by atoms with E-state index in [1.54, 1.807) is 39.5 Å². The van der Waals surface area contributed by atoms with Gasteiger partial charge in [0.1, 0.15) is 11.5 Å². The molecule has 26 heavy (non-hydrogen) atoms. The predicted molar refractivity (Wildman–Crippen MR) is 101 cm³/mol. The zero-order valence-corrected chi connectivity index (χ0v) is 15.7. The smallest absolute Gasteiger partial charge is 0.279 e. The lowest BCUT2D eigenvalue weighted by molar-refractivity contribution is 0.0996. The zero-order chi connectivity index (χ0) is 18.5. The average molecular weight is 372 g/mol. The van der Waals surface area contributed by atoms with E-state index in [4.69, 9.17) is 14.2 Å². The molecule has 0 aliphatic heterocycles. The van der Waals surface area contributed by atoms with Crippen molar-refractivity contribution in [3.8, 4) is 11.5 Å². The van der Waals surface area contributed by atoms with Crippen LogP contribution in [0.4, 0.5) is 0 Å². The Balaban J connectivity index is 2.08. The summed E-state index contributed by atoms with van der Waals surface area (Å²) in [6, 6.07) is 13.0. The molecule has 7 heteroatoms. The Bertz CT molecular complexity index is 968. The first kappa shape index (κ1) is 18.2. The number of amides is 1. The maximum atomic E-state index is 12.7. The maximum absolute atomic E-state index is 12.7. The van der Waals surface area contributed by atoms with E-state index in [-0.39, 0.29) is 5.91 Å². The van der Waals surface area contributed by atoms with Crippen molar-refractivity contribution in [2.24, 2.45) is 4.99 Å². The molecule has 1 heterocycles. The molecule has 0 spiro atoms. The first-order chi connectivity index (χ1) is 12.7. The third-order valence-electron chi connectivity index (χ3n) is 3.90. The molecule has 0 saturated carbocycles. The van der Waals surface area contributed by atoms with Crippen LogP contribution in [-0.2, 0) is 11.3 Å². The highest BCUT2D eigenvalue weighted by atomic mass is 32.1. The minimum Gasteiger partial charge on any atom is -0.497 e. The number of hydrogen-bond acceptors (Lipinski definition) is 5. The van der Waals surface area contributed by atoms with Crippen molar-refractivity contribution in [3.05, 3.63) is 52.8 Å². The maximum Gasteiger partial charge on any atom is 0.279 e. The van der Waals surface area contributed by atoms with E-state index in [9.17, 15) is 4.79 Å². The fourth-order valence-electron chi connectivity index (χ4n) is 2.59. The lowest BCUT2D eigenvalue weighted by Gasteiger charge is -2.06. The molecule has 0 aliphatic carbocycles. The van der Waals surface area contributed by atoms with Crippen molar-refractivity contribution in [2.45, 2.75) is 6.54 Å². The highest BCUT2D eigenvalue weighted by Crippen LogP contribution is 2.23. The van der Waals surface area contributed by atoms with Gasteiger partial charge in [-0.15, -0.1) is 0 Å². The molecule has 0 radical (unpaired) electrons. The van der Waals surface area contributed by atoms with Crippen molar-refractivity contribution < 1.29 is 19.0 Å². The number of fused-ring (bicyclic) bond motifs is 1. The van der Waals surface area contributed by atoms with Gasteiger partial charge in [0.15, 0.2) is 4.80 Å². The summed E-state index contributed by atoms with van der Waals surface area (Å²) in [7, 11) is 4.75. The Morgan fingerprint density at radius 1 is 1.08 bits per heavy atom. The largest absolute Gasteiger partial charge is 0.497 e. The van der Waals surface area contributed by atoms with Crippen LogP contribution < -0.4 is 14.3 Å². The first-order valence-corrected chi connectivity index (χ1v) is 8.87. The summed E-state index contributed by atoms with van der Waals surface area (Å²) in [6.45, 7) is 1.16. The second-order valence-corrected chi connectivity index (χ2v) is 6.52. The molecule has 0 atom stereocenters. The number of rotatable bonds is 6. The quantitative estimate of drug-likeness (QED) is 0.667. The van der Waals surface area contributed by atoms with E-state index in [0.717, 1.165) is 10.2 Å². The van der Waals surface area contributed by atoms with Crippen LogP contribution in [0.1, 0.15) is 10.4 Å². The number of thiazole rings is 1. The molecule has 0 N–H and O–H groups in total. The van der Waals surface area contributed by atoms with Gasteiger partial charge in [0, 0.05) is 25.3 Å². The molecule has 0 saturated heterocycles. The summed E-state index contributed by atoms with van der Waals surface area (Å²) in [5.41, 5.74) is 1.45. The van der Waals surface area contributed by atoms with Crippen molar-refractivity contribution in [2.75, 3.05) is 27.9 Å². The second-order valence-electron chi connectivity index (χ2n) is 5.52. The summed E-state index contributed by atoms with van der Waals surface area (Å²) < 4.78 is 18.7. The van der Waals surface area contributed by atoms with E-state index in [1.165, 1.54) is 11.3 Å². The van der Waals surface area contributed by atoms with Gasteiger partial charge in [-0.3, -0.25) is 4.79 Å². The number of methoxy groups -OCH3 is 3. The van der Waals surface area contributed by atoms with Crippen molar-refractivity contribution in [1.82, 2.24) is 4.57 Å². The number of hydrogen-bond donors (Lipinski definition) is 0. The Morgan fingerprint density at radius 3 is 2.42 bits per heavy atom. The van der Waals surface area contributed by atoms with Gasteiger partial charge in [0.2, 0.25) is 0 Å². The van der Waals surface area contributed by atoms with Crippen LogP contribution in [0.15, 0.2) is 47.5 Å². The summed E-state index contributed by atoms with van der Waals surface area (Å²) in [6.07, 6.45) is 0. The number of nitrogens with zero attached hydrogens (tertiary/aromatic N) is 2. The van der Waals surface area contributed by atoms with Gasteiger partial charge in [-0.1, -0.05) is 23.5 Å². The van der Waals surface area contributed by atoms with E-state index in [2.05, 4.69) is 4.99 Å². The van der Waals surface area contributed by atoms with Gasteiger partial charge >= 0.3 is 0 Å². The lowest BCUT2D eigenvalue weighted by Crippen LogP contribution is -2.19. The van der Waals surface area contributed by atoms with Crippen molar-refractivity contribution in [3.63, 3.8) is 0 Å². The Labute approximate surface area is 155 Å². The van der Waals surface area contributed by atoms with Crippen LogP contribution in [0, 0.1) is 0 Å². The number of benzene rings is 2. The van der Waals surface area contributed by atoms with Crippen LogP contribution in [0.5, 0.6) is 11.5 Å². The van der Waals surface area contributed by atoms with Crippen LogP contribution in [0.2, 0.25) is 0 Å². The third-order valence-corrected chi connectivity index (χ3v) is 4.96. The Kier molecular flexibility index (Phi) is 5.70. The highest BCUT2D eigenvalue weighted by molar-refractivity contribution is 7.16. The molecule has 1 amide bonds. The molecule has 0 unspecified atom stereocenters. The fraction of sp³-hybridized carbons (Fsp3) is 0.263. The standard InChI is InChI=1S/C19H20N2O4S/c1-23-9-8-21-16-6-4-5-7-17(16)26-19(21)20-18(22)13-10-14(24-2)12-15(11-13)25-3/h4-7,10-12H,8-9H2,1-3H3. The van der Waals surface area contributed by atoms with Crippen molar-refractivity contribution in [1.29, 1.82) is 0 Å². The average Bonchev–Trinajstić information content (AvgIpc) is 3.02. The van der Waals surface area contributed by atoms with E-state index in [1.807, 2.05) is 28.8 Å². The minimum absolute atomic E-state index is 0.347. The molecule has 1 aromatic heterocycles. The fourth-order valence-corrected chi connectivity index (χ4v) is 3.64. The van der Waals surface area contributed by atoms with E-state index >= 15 is 0 Å². The van der Waals surface area contributed by atoms with Gasteiger partial charge < -0.3 is 18.8 Å². The van der Waals surface area contributed by atoms with Crippen LogP contribution in [-0.4, -0.2) is 38.4 Å². The summed E-state index contributed by atoms with van der Waals surface area (Å²) in [5, 5.41) is 0. The van der Waals surface area contributed by atoms with Gasteiger partial charge in [-0.2, -0.15) is 4.99 Å². The monoisotopic (exact) mass is 372 g/mol. The molecule has 6 nitrogen and oxygen atoms in total. The minimum atomic E-state index is -0.347. The molecule has 136 valence electrons. The van der Waals surface area contributed by atoms with Gasteiger partial charge in [0.05, 0.1) is 31.0 Å². The van der Waals surface area contributed by atoms with E-state index < -0.39 is 0 Å². The molecule has 2 aromatic carbocycles. The van der Waals surface area contributed by atoms with Gasteiger partial charge in [-0.05, 0) is 24.3 Å². The van der Waals surface area contributed by atoms with Crippen molar-refractivity contribution >= 4 is 27.5 Å². The summed E-state index contributed by atoms with van der Waals surface area (Å²) in [5.74, 6) is 0.748. The molecule has 3 aromatic rings. The lowest BCUT2D eigenvalue weighted by atomic mass is 10.2. The Hall–Kier alpha value is -2.64. The van der Waals surface area contributed by atoms with Gasteiger partial charge in [0.25, 0.3) is 5.91 Å². The molecular formula is C19H20N2O4S. The molecule has 0 fully saturated rings. The SMILES string of the molecule is COCCn1c(=NC(=O)c2cc(OC)cc(OC)c2)sc2ccccc21. The third kappa shape index (κ3) is 3.79. The topological polar surface area (TPSA) is 62.1 Å². The normalized spacial score (nSPS) is 11.7. The number of ether oxygens (including phenoxy) is 3. The number of aromatic nitrogens is 1. The van der Waals surface area contributed by atoms with Crippen LogP contribution in [0.3, 0.4) is 0 Å². The van der Waals surface area contributed by atoms with Gasteiger partial charge in [-0.25, -0.2) is 0 Å². The number of carbonyl (C=O) groups is 1. The zero-order valence-electron chi connectivity index (χ0n) is 14.9. The van der Waals surface area contributed by atoms with Crippen LogP contribution >= 0.6 is 11.3 Å². The molecule has 0 bridgehead atoms. The van der Waals surface area contributed by atoms with Crippen LogP contribution in [0.25, 0.3) is 10.2 Å².